The lowest BCUT2D eigenvalue weighted by atomic mass is 9.98. The molecule has 130 valence electrons. The molecule has 3 N–H and O–H groups in total. The van der Waals surface area contributed by atoms with Crippen LogP contribution >= 0.6 is 12.4 Å². The Hall–Kier alpha value is -1.92. The molecule has 1 heterocycles. The highest BCUT2D eigenvalue weighted by atomic mass is 35.5. The van der Waals surface area contributed by atoms with Crippen molar-refractivity contribution in [3.8, 4) is 0 Å². The second-order valence-electron chi connectivity index (χ2n) is 6.08. The Balaban J connectivity index is 0.00000208. The van der Waals surface area contributed by atoms with E-state index in [-0.39, 0.29) is 18.3 Å². The van der Waals surface area contributed by atoms with Gasteiger partial charge in [-0.1, -0.05) is 55.3 Å². The van der Waals surface area contributed by atoms with Gasteiger partial charge in [0, 0.05) is 6.42 Å². The average molecular weight is 351 g/mol. The molecule has 1 fully saturated rings. The molecule has 3 rings (SSSR count). The lowest BCUT2D eigenvalue weighted by Gasteiger charge is -2.18. The third-order valence-electron chi connectivity index (χ3n) is 4.39. The Morgan fingerprint density at radius 1 is 1.33 bits per heavy atom. The molecule has 1 aliphatic carbocycles. The zero-order chi connectivity index (χ0) is 16.3. The van der Waals surface area contributed by atoms with Gasteiger partial charge in [-0.25, -0.2) is 0 Å². The Morgan fingerprint density at radius 2 is 2.00 bits per heavy atom. The smallest absolute Gasteiger partial charge is 0.253 e. The first-order valence-corrected chi connectivity index (χ1v) is 8.09. The number of carbonyl (C=O) groups is 1. The van der Waals surface area contributed by atoms with Crippen LogP contribution in [0.4, 0.5) is 0 Å². The van der Waals surface area contributed by atoms with Crippen LogP contribution in [0, 0.1) is 0 Å². The summed E-state index contributed by atoms with van der Waals surface area (Å²) in [6.45, 7) is 1.81. The van der Waals surface area contributed by atoms with Gasteiger partial charge < -0.3 is 15.6 Å². The first-order valence-electron chi connectivity index (χ1n) is 8.09. The minimum atomic E-state index is -0.502. The first kappa shape index (κ1) is 18.4. The fraction of sp³-hybridized carbons (Fsp3) is 0.471. The average Bonchev–Trinajstić information content (AvgIpc) is 3.23. The zero-order valence-electron chi connectivity index (χ0n) is 13.7. The molecule has 0 saturated heterocycles. The molecule has 24 heavy (non-hydrogen) atoms. The Bertz CT molecular complexity index is 668. The zero-order valence-corrected chi connectivity index (χ0v) is 14.5. The van der Waals surface area contributed by atoms with Gasteiger partial charge in [-0.15, -0.1) is 12.4 Å². The number of nitrogens with zero attached hydrogens (tertiary/aromatic N) is 2. The van der Waals surface area contributed by atoms with Crippen molar-refractivity contribution in [3.63, 3.8) is 0 Å². The standard InChI is InChI=1S/C17H22N4O2.ClH/c1-2-13(22)19-14(12-8-4-3-5-9-12)15-20-16(21-23-15)17(18)10-6-7-11-17;/h3-5,8-9,14H,2,6-7,10-11,18H2,1H3,(H,19,22);1H. The summed E-state index contributed by atoms with van der Waals surface area (Å²) in [6, 6.07) is 9.17. The maximum atomic E-state index is 11.9. The summed E-state index contributed by atoms with van der Waals surface area (Å²) in [5.41, 5.74) is 6.79. The molecular formula is C17H23ClN4O2. The molecule has 6 nitrogen and oxygen atoms in total. The number of nitrogens with two attached hydrogens (primary N) is 1. The van der Waals surface area contributed by atoms with Crippen LogP contribution < -0.4 is 11.1 Å². The summed E-state index contributed by atoms with van der Waals surface area (Å²) in [4.78, 5) is 16.4. The van der Waals surface area contributed by atoms with Crippen LogP contribution in [-0.4, -0.2) is 16.0 Å². The largest absolute Gasteiger partial charge is 0.341 e. The van der Waals surface area contributed by atoms with Crippen LogP contribution in [0.2, 0.25) is 0 Å². The van der Waals surface area contributed by atoms with Crippen molar-refractivity contribution in [3.05, 3.63) is 47.6 Å². The van der Waals surface area contributed by atoms with E-state index in [0.717, 1.165) is 31.2 Å². The number of halogens is 1. The van der Waals surface area contributed by atoms with Crippen molar-refractivity contribution in [1.29, 1.82) is 0 Å². The molecule has 1 aromatic carbocycles. The molecular weight excluding hydrogens is 328 g/mol. The van der Waals surface area contributed by atoms with Crippen molar-refractivity contribution in [2.45, 2.75) is 50.6 Å². The first-order chi connectivity index (χ1) is 11.1. The minimum absolute atomic E-state index is 0. The second-order valence-corrected chi connectivity index (χ2v) is 6.08. The Morgan fingerprint density at radius 3 is 2.62 bits per heavy atom. The van der Waals surface area contributed by atoms with Crippen LogP contribution in [0.5, 0.6) is 0 Å². The van der Waals surface area contributed by atoms with Gasteiger partial charge in [-0.05, 0) is 18.4 Å². The molecule has 0 bridgehead atoms. The van der Waals surface area contributed by atoms with E-state index in [9.17, 15) is 4.79 Å². The van der Waals surface area contributed by atoms with E-state index in [0.29, 0.717) is 18.1 Å². The van der Waals surface area contributed by atoms with Crippen LogP contribution in [0.15, 0.2) is 34.9 Å². The van der Waals surface area contributed by atoms with Crippen LogP contribution in [0.1, 0.15) is 62.3 Å². The summed E-state index contributed by atoms with van der Waals surface area (Å²) < 4.78 is 5.45. The number of amides is 1. The van der Waals surface area contributed by atoms with Crippen molar-refractivity contribution in [2.24, 2.45) is 5.73 Å². The number of rotatable bonds is 5. The van der Waals surface area contributed by atoms with E-state index < -0.39 is 11.6 Å². The minimum Gasteiger partial charge on any atom is -0.341 e. The quantitative estimate of drug-likeness (QED) is 0.864. The molecule has 1 aromatic heterocycles. The van der Waals surface area contributed by atoms with Crippen molar-refractivity contribution >= 4 is 18.3 Å². The molecule has 1 atom stereocenters. The maximum absolute atomic E-state index is 11.9. The molecule has 1 aliphatic rings. The van der Waals surface area contributed by atoms with Crippen LogP contribution in [0.3, 0.4) is 0 Å². The van der Waals surface area contributed by atoms with Gasteiger partial charge in [0.2, 0.25) is 5.91 Å². The lowest BCUT2D eigenvalue weighted by molar-refractivity contribution is -0.121. The van der Waals surface area contributed by atoms with E-state index in [1.165, 1.54) is 0 Å². The monoisotopic (exact) mass is 350 g/mol. The highest BCUT2D eigenvalue weighted by Gasteiger charge is 2.37. The van der Waals surface area contributed by atoms with Crippen molar-refractivity contribution in [2.75, 3.05) is 0 Å². The van der Waals surface area contributed by atoms with E-state index >= 15 is 0 Å². The van der Waals surface area contributed by atoms with Gasteiger partial charge in [-0.3, -0.25) is 4.79 Å². The van der Waals surface area contributed by atoms with Gasteiger partial charge >= 0.3 is 0 Å². The van der Waals surface area contributed by atoms with E-state index in [2.05, 4.69) is 15.5 Å². The van der Waals surface area contributed by atoms with E-state index in [4.69, 9.17) is 10.3 Å². The second kappa shape index (κ2) is 7.77. The third-order valence-corrected chi connectivity index (χ3v) is 4.39. The molecule has 0 radical (unpaired) electrons. The number of hydrogen-bond acceptors (Lipinski definition) is 5. The van der Waals surface area contributed by atoms with Crippen molar-refractivity contribution < 1.29 is 9.32 Å². The maximum Gasteiger partial charge on any atom is 0.253 e. The van der Waals surface area contributed by atoms with Crippen LogP contribution in [0.25, 0.3) is 0 Å². The highest BCUT2D eigenvalue weighted by Crippen LogP contribution is 2.35. The molecule has 0 spiro atoms. The number of carbonyl (C=O) groups excluding carboxylic acids is 1. The van der Waals surface area contributed by atoms with E-state index in [1.807, 2.05) is 37.3 Å². The molecule has 1 unspecified atom stereocenters. The van der Waals surface area contributed by atoms with Gasteiger partial charge in [0.25, 0.3) is 5.89 Å². The number of hydrogen-bond donors (Lipinski definition) is 2. The van der Waals surface area contributed by atoms with Gasteiger partial charge in [0.1, 0.15) is 6.04 Å². The molecule has 1 amide bonds. The molecule has 7 heteroatoms. The fourth-order valence-electron chi connectivity index (χ4n) is 2.98. The normalized spacial score (nSPS) is 17.1. The van der Waals surface area contributed by atoms with Gasteiger partial charge in [-0.2, -0.15) is 4.98 Å². The van der Waals surface area contributed by atoms with Crippen LogP contribution in [-0.2, 0) is 10.3 Å². The van der Waals surface area contributed by atoms with Gasteiger partial charge in [0.05, 0.1) is 5.54 Å². The number of aromatic nitrogens is 2. The molecule has 0 aliphatic heterocycles. The van der Waals surface area contributed by atoms with Crippen molar-refractivity contribution in [1.82, 2.24) is 15.5 Å². The number of nitrogens with one attached hydrogen (secondary N) is 1. The predicted molar refractivity (Wildman–Crippen MR) is 92.6 cm³/mol. The lowest BCUT2D eigenvalue weighted by Crippen LogP contribution is -2.34. The highest BCUT2D eigenvalue weighted by molar-refractivity contribution is 5.85. The topological polar surface area (TPSA) is 94.0 Å². The molecule has 2 aromatic rings. The number of benzene rings is 1. The Kier molecular flexibility index (Phi) is 5.96. The summed E-state index contributed by atoms with van der Waals surface area (Å²) in [5, 5.41) is 7.03. The Labute approximate surface area is 147 Å². The summed E-state index contributed by atoms with van der Waals surface area (Å²) in [6.07, 6.45) is 4.28. The third kappa shape index (κ3) is 3.76. The molecule has 1 saturated carbocycles. The summed E-state index contributed by atoms with van der Waals surface area (Å²) >= 11 is 0. The van der Waals surface area contributed by atoms with Gasteiger partial charge in [0.15, 0.2) is 5.82 Å². The van der Waals surface area contributed by atoms with E-state index in [1.54, 1.807) is 0 Å². The summed E-state index contributed by atoms with van der Waals surface area (Å²) in [7, 11) is 0. The predicted octanol–water partition coefficient (Wildman–Crippen LogP) is 2.84. The fourth-order valence-corrected chi connectivity index (χ4v) is 2.98. The SMILES string of the molecule is CCC(=O)NC(c1ccccc1)c1nc(C2(N)CCCC2)no1.Cl. The summed E-state index contributed by atoms with van der Waals surface area (Å²) in [5.74, 6) is 0.850.